The minimum Gasteiger partial charge on any atom is -0.444 e. The average Bonchev–Trinajstić information content (AvgIpc) is 2.60. The summed E-state index contributed by atoms with van der Waals surface area (Å²) < 4.78 is 21.2. The summed E-state index contributed by atoms with van der Waals surface area (Å²) in [6, 6.07) is 0. The van der Waals surface area contributed by atoms with Gasteiger partial charge < -0.3 is 9.64 Å². The van der Waals surface area contributed by atoms with Gasteiger partial charge in [0.1, 0.15) is 16.6 Å². The molecular formula is C17H32N2O3S. The third-order valence-electron chi connectivity index (χ3n) is 3.71. The summed E-state index contributed by atoms with van der Waals surface area (Å²) in [4.78, 5) is 14.2. The first-order valence-electron chi connectivity index (χ1n) is 8.17. The van der Waals surface area contributed by atoms with Crippen molar-refractivity contribution in [2.75, 3.05) is 6.54 Å². The summed E-state index contributed by atoms with van der Waals surface area (Å²) >= 11 is 0. The lowest BCUT2D eigenvalue weighted by Crippen LogP contribution is -2.45. The second-order valence-corrected chi connectivity index (χ2v) is 10.8. The van der Waals surface area contributed by atoms with Gasteiger partial charge in [0.2, 0.25) is 0 Å². The molecule has 134 valence electrons. The van der Waals surface area contributed by atoms with E-state index in [-0.39, 0.29) is 16.4 Å². The van der Waals surface area contributed by atoms with E-state index in [0.29, 0.717) is 12.5 Å². The van der Waals surface area contributed by atoms with Crippen LogP contribution in [-0.4, -0.2) is 43.8 Å². The predicted octanol–water partition coefficient (Wildman–Crippen LogP) is 3.95. The fourth-order valence-corrected chi connectivity index (χ4v) is 3.14. The number of ether oxygens (including phenoxy) is 1. The lowest BCUT2D eigenvalue weighted by atomic mass is 9.95. The van der Waals surface area contributed by atoms with E-state index in [4.69, 9.17) is 4.74 Å². The highest BCUT2D eigenvalue weighted by molar-refractivity contribution is 7.85. The summed E-state index contributed by atoms with van der Waals surface area (Å²) in [5, 5.41) is 0. The van der Waals surface area contributed by atoms with Crippen LogP contribution in [0.5, 0.6) is 0 Å². The molecule has 1 fully saturated rings. The van der Waals surface area contributed by atoms with Crippen molar-refractivity contribution in [1.82, 2.24) is 4.90 Å². The van der Waals surface area contributed by atoms with E-state index in [1.54, 1.807) is 11.1 Å². The molecule has 1 rings (SSSR count). The first-order valence-corrected chi connectivity index (χ1v) is 9.28. The van der Waals surface area contributed by atoms with E-state index < -0.39 is 16.6 Å². The number of rotatable bonds is 3. The van der Waals surface area contributed by atoms with Crippen LogP contribution in [0.25, 0.3) is 0 Å². The monoisotopic (exact) mass is 344 g/mol. The van der Waals surface area contributed by atoms with Gasteiger partial charge in [-0.05, 0) is 74.1 Å². The van der Waals surface area contributed by atoms with Crippen LogP contribution in [0.2, 0.25) is 0 Å². The lowest BCUT2D eigenvalue weighted by molar-refractivity contribution is 0.0131. The Bertz CT molecular complexity index is 487. The third-order valence-corrected chi connectivity index (χ3v) is 5.09. The molecule has 0 radical (unpaired) electrons. The molecule has 0 bridgehead atoms. The summed E-state index contributed by atoms with van der Waals surface area (Å²) in [5.74, 6) is 0.318. The molecule has 23 heavy (non-hydrogen) atoms. The van der Waals surface area contributed by atoms with Crippen LogP contribution >= 0.6 is 0 Å². The first kappa shape index (κ1) is 20.1. The maximum absolute atomic E-state index is 12.4. The van der Waals surface area contributed by atoms with Gasteiger partial charge in [-0.2, -0.15) is 4.40 Å². The van der Waals surface area contributed by atoms with Crippen molar-refractivity contribution >= 4 is 23.3 Å². The quantitative estimate of drug-likeness (QED) is 0.729. The number of hydrogen-bond donors (Lipinski definition) is 0. The highest BCUT2D eigenvalue weighted by atomic mass is 32.2. The third kappa shape index (κ3) is 6.24. The van der Waals surface area contributed by atoms with Crippen LogP contribution in [0.3, 0.4) is 0 Å². The van der Waals surface area contributed by atoms with Crippen molar-refractivity contribution in [2.24, 2.45) is 10.3 Å². The van der Waals surface area contributed by atoms with E-state index in [2.05, 4.69) is 18.2 Å². The minimum atomic E-state index is -1.22. The second-order valence-electron chi connectivity index (χ2n) is 8.86. The Labute approximate surface area is 143 Å². The Morgan fingerprint density at radius 1 is 1.30 bits per heavy atom. The molecule has 5 nitrogen and oxygen atoms in total. The molecule has 0 spiro atoms. The summed E-state index contributed by atoms with van der Waals surface area (Å²) in [5.41, 5.74) is -0.722. The fourth-order valence-electron chi connectivity index (χ4n) is 2.60. The van der Waals surface area contributed by atoms with Gasteiger partial charge in [-0.1, -0.05) is 0 Å². The van der Waals surface area contributed by atoms with Gasteiger partial charge in [0.05, 0.1) is 4.75 Å². The Morgan fingerprint density at radius 2 is 1.87 bits per heavy atom. The maximum atomic E-state index is 12.4. The zero-order chi connectivity index (χ0) is 18.1. The van der Waals surface area contributed by atoms with Crippen LogP contribution < -0.4 is 0 Å². The van der Waals surface area contributed by atoms with Crippen LogP contribution in [0, 0.1) is 5.92 Å². The number of carbonyl (C=O) groups is 1. The lowest BCUT2D eigenvalue weighted by Gasteiger charge is -2.33. The Balaban J connectivity index is 2.65. The van der Waals surface area contributed by atoms with Gasteiger partial charge in [-0.25, -0.2) is 9.00 Å². The topological polar surface area (TPSA) is 59.0 Å². The van der Waals surface area contributed by atoms with Gasteiger partial charge in [0.25, 0.3) is 0 Å². The van der Waals surface area contributed by atoms with Crippen molar-refractivity contribution < 1.29 is 13.7 Å². The highest BCUT2D eigenvalue weighted by Gasteiger charge is 2.42. The fraction of sp³-hybridized carbons (Fsp3) is 0.882. The Kier molecular flexibility index (Phi) is 6.05. The minimum absolute atomic E-state index is 0.232. The molecule has 1 amide bonds. The molecule has 0 aromatic heterocycles. The number of hydrogen-bond acceptors (Lipinski definition) is 3. The van der Waals surface area contributed by atoms with Crippen molar-refractivity contribution in [2.45, 2.75) is 84.1 Å². The summed E-state index contributed by atoms with van der Waals surface area (Å²) in [6.45, 7) is 16.1. The smallest absolute Gasteiger partial charge is 0.410 e. The molecule has 1 aliphatic rings. The molecule has 6 heteroatoms. The highest BCUT2D eigenvalue weighted by Crippen LogP contribution is 2.35. The van der Waals surface area contributed by atoms with Crippen molar-refractivity contribution in [3.8, 4) is 0 Å². The van der Waals surface area contributed by atoms with Crippen LogP contribution in [0.15, 0.2) is 4.40 Å². The molecule has 1 heterocycles. The van der Waals surface area contributed by atoms with Gasteiger partial charge in [0.15, 0.2) is 0 Å². The van der Waals surface area contributed by atoms with Crippen LogP contribution in [0.1, 0.15) is 68.2 Å². The molecule has 0 N–H and O–H groups in total. The number of nitrogens with zero attached hydrogens (tertiary/aromatic N) is 2. The SMILES string of the molecule is CC(C)(C)OC(=O)N1C[C@@H](C/C=N/S(=O)C(C)(C)C)CC1(C)C. The van der Waals surface area contributed by atoms with Crippen LogP contribution in [0.4, 0.5) is 4.79 Å². The largest absolute Gasteiger partial charge is 0.444 e. The van der Waals surface area contributed by atoms with Gasteiger partial charge in [0, 0.05) is 18.3 Å². The molecule has 0 aromatic carbocycles. The van der Waals surface area contributed by atoms with E-state index in [0.717, 1.165) is 12.8 Å². The molecule has 0 aliphatic carbocycles. The molecule has 0 aromatic rings. The van der Waals surface area contributed by atoms with E-state index >= 15 is 0 Å². The zero-order valence-electron chi connectivity index (χ0n) is 15.8. The number of likely N-dealkylation sites (tertiary alicyclic amines) is 1. The van der Waals surface area contributed by atoms with Crippen molar-refractivity contribution in [1.29, 1.82) is 0 Å². The molecule has 0 saturated carbocycles. The molecule has 1 unspecified atom stereocenters. The van der Waals surface area contributed by atoms with Crippen LogP contribution in [-0.2, 0) is 15.7 Å². The molecular weight excluding hydrogens is 312 g/mol. The standard InChI is InChI=1S/C17H32N2O3S/c1-15(2,3)22-14(20)19-12-13(11-17(19,7)8)9-10-18-23(21)16(4,5)6/h10,13H,9,11-12H2,1-8H3/b18-10+/t13-,23?/m0/s1. The van der Waals surface area contributed by atoms with Crippen molar-refractivity contribution in [3.63, 3.8) is 0 Å². The van der Waals surface area contributed by atoms with Gasteiger partial charge >= 0.3 is 6.09 Å². The van der Waals surface area contributed by atoms with Gasteiger partial charge in [-0.3, -0.25) is 0 Å². The summed E-state index contributed by atoms with van der Waals surface area (Å²) in [7, 11) is -1.22. The zero-order valence-corrected chi connectivity index (χ0v) is 16.6. The number of carbonyl (C=O) groups excluding carboxylic acids is 1. The Morgan fingerprint density at radius 3 is 2.35 bits per heavy atom. The van der Waals surface area contributed by atoms with Gasteiger partial charge in [-0.15, -0.1) is 0 Å². The van der Waals surface area contributed by atoms with Crippen molar-refractivity contribution in [3.05, 3.63) is 0 Å². The summed E-state index contributed by atoms with van der Waals surface area (Å²) in [6.07, 6.45) is 3.10. The van der Waals surface area contributed by atoms with E-state index in [9.17, 15) is 9.00 Å². The van der Waals surface area contributed by atoms with E-state index in [1.165, 1.54) is 0 Å². The van der Waals surface area contributed by atoms with E-state index in [1.807, 2.05) is 41.5 Å². The maximum Gasteiger partial charge on any atom is 0.410 e. The first-order chi connectivity index (χ1) is 10.2. The molecule has 1 saturated heterocycles. The second kappa shape index (κ2) is 6.91. The predicted molar refractivity (Wildman–Crippen MR) is 96.1 cm³/mol. The normalized spacial score (nSPS) is 23.3. The Hall–Kier alpha value is -0.910. The molecule has 1 aliphatic heterocycles. The average molecular weight is 345 g/mol. The number of amides is 1. The molecule has 2 atom stereocenters.